The van der Waals surface area contributed by atoms with E-state index in [2.05, 4.69) is 59.4 Å². The molecule has 0 aliphatic heterocycles. The van der Waals surface area contributed by atoms with Crippen molar-refractivity contribution >= 4 is 32.6 Å². The number of rotatable bonds is 3. The van der Waals surface area contributed by atoms with Gasteiger partial charge in [0.25, 0.3) is 0 Å². The molecule has 0 amide bonds. The van der Waals surface area contributed by atoms with Crippen LogP contribution in [0.2, 0.25) is 0 Å². The molecule has 1 atom stereocenters. The van der Waals surface area contributed by atoms with Crippen LogP contribution in [0.5, 0.6) is 0 Å². The van der Waals surface area contributed by atoms with Crippen molar-refractivity contribution in [2.75, 3.05) is 5.32 Å². The minimum absolute atomic E-state index is 0.127. The topological polar surface area (TPSA) is 25.2 Å². The zero-order valence-electron chi connectivity index (χ0n) is 11.5. The number of halogens is 1. The first kappa shape index (κ1) is 13.3. The summed E-state index contributed by atoms with van der Waals surface area (Å²) in [5, 5.41) is 4.61. The second-order valence-electron chi connectivity index (χ2n) is 5.01. The number of nitrogens with one attached hydrogen (secondary N) is 1. The summed E-state index contributed by atoms with van der Waals surface area (Å²) >= 11 is 3.48. The van der Waals surface area contributed by atoms with E-state index < -0.39 is 0 Å². The molecule has 1 N–H and O–H groups in total. The molecule has 0 aliphatic rings. The van der Waals surface area contributed by atoms with Crippen molar-refractivity contribution in [1.82, 2.24) is 0 Å². The lowest BCUT2D eigenvalue weighted by atomic mass is 10.1. The molecule has 0 saturated heterocycles. The van der Waals surface area contributed by atoms with Gasteiger partial charge in [0.05, 0.1) is 6.04 Å². The molecule has 0 fully saturated rings. The minimum Gasteiger partial charge on any atom is -0.459 e. The summed E-state index contributed by atoms with van der Waals surface area (Å²) in [7, 11) is 0. The first-order valence-corrected chi connectivity index (χ1v) is 7.44. The van der Waals surface area contributed by atoms with E-state index in [1.54, 1.807) is 0 Å². The Kier molecular flexibility index (Phi) is 3.53. The van der Waals surface area contributed by atoms with Crippen LogP contribution in [0.1, 0.15) is 24.3 Å². The van der Waals surface area contributed by atoms with E-state index in [0.29, 0.717) is 0 Å². The molecule has 0 spiro atoms. The number of aryl methyl sites for hydroxylation is 1. The first-order valence-electron chi connectivity index (χ1n) is 6.64. The maximum absolute atomic E-state index is 5.91. The Labute approximate surface area is 126 Å². The normalized spacial score (nSPS) is 12.6. The van der Waals surface area contributed by atoms with Crippen molar-refractivity contribution in [3.05, 3.63) is 64.3 Å². The fourth-order valence-corrected chi connectivity index (χ4v) is 2.67. The Morgan fingerprint density at radius 2 is 1.90 bits per heavy atom. The summed E-state index contributed by atoms with van der Waals surface area (Å²) in [4.78, 5) is 0. The van der Waals surface area contributed by atoms with Crippen molar-refractivity contribution in [2.45, 2.75) is 19.9 Å². The lowest BCUT2D eigenvalue weighted by molar-refractivity contribution is 0.526. The van der Waals surface area contributed by atoms with Gasteiger partial charge >= 0.3 is 0 Å². The smallest absolute Gasteiger partial charge is 0.134 e. The van der Waals surface area contributed by atoms with E-state index >= 15 is 0 Å². The number of benzene rings is 2. The van der Waals surface area contributed by atoms with Gasteiger partial charge in [-0.15, -0.1) is 0 Å². The van der Waals surface area contributed by atoms with Gasteiger partial charge < -0.3 is 9.73 Å². The van der Waals surface area contributed by atoms with Gasteiger partial charge in [0, 0.05) is 15.5 Å². The second-order valence-corrected chi connectivity index (χ2v) is 5.93. The van der Waals surface area contributed by atoms with Gasteiger partial charge in [-0.1, -0.05) is 34.1 Å². The van der Waals surface area contributed by atoms with Crippen LogP contribution in [0.15, 0.2) is 57.4 Å². The fourth-order valence-electron chi connectivity index (χ4n) is 2.29. The Bertz CT molecular complexity index is 748. The average molecular weight is 330 g/mol. The van der Waals surface area contributed by atoms with Crippen LogP contribution >= 0.6 is 15.9 Å². The predicted molar refractivity (Wildman–Crippen MR) is 87.1 cm³/mol. The summed E-state index contributed by atoms with van der Waals surface area (Å²) in [6, 6.07) is 16.6. The summed E-state index contributed by atoms with van der Waals surface area (Å²) in [6.45, 7) is 4.21. The average Bonchev–Trinajstić information content (AvgIpc) is 2.84. The van der Waals surface area contributed by atoms with Crippen LogP contribution in [0.4, 0.5) is 5.69 Å². The summed E-state index contributed by atoms with van der Waals surface area (Å²) in [5.74, 6) is 0.946. The van der Waals surface area contributed by atoms with Gasteiger partial charge in [-0.05, 0) is 49.7 Å². The van der Waals surface area contributed by atoms with E-state index in [1.165, 1.54) is 5.56 Å². The SMILES string of the molecule is Cc1ccccc1NC(C)c1cc2cc(Br)ccc2o1. The van der Waals surface area contributed by atoms with E-state index in [1.807, 2.05) is 24.3 Å². The molecule has 1 unspecified atom stereocenters. The molecule has 0 bridgehead atoms. The third-order valence-corrected chi connectivity index (χ3v) is 3.93. The molecule has 3 aromatic rings. The Balaban J connectivity index is 1.89. The molecular weight excluding hydrogens is 314 g/mol. The highest BCUT2D eigenvalue weighted by Gasteiger charge is 2.12. The summed E-state index contributed by atoms with van der Waals surface area (Å²) in [6.07, 6.45) is 0. The van der Waals surface area contributed by atoms with Crippen molar-refractivity contribution in [1.29, 1.82) is 0 Å². The van der Waals surface area contributed by atoms with Crippen LogP contribution < -0.4 is 5.32 Å². The zero-order valence-corrected chi connectivity index (χ0v) is 13.1. The van der Waals surface area contributed by atoms with E-state index in [0.717, 1.165) is 26.9 Å². The number of anilines is 1. The Morgan fingerprint density at radius 3 is 2.70 bits per heavy atom. The molecule has 0 radical (unpaired) electrons. The standard InChI is InChI=1S/C17H16BrNO/c1-11-5-3-4-6-15(11)19-12(2)17-10-13-9-14(18)7-8-16(13)20-17/h3-10,12,19H,1-2H3. The van der Waals surface area contributed by atoms with Gasteiger partial charge in [-0.2, -0.15) is 0 Å². The van der Waals surface area contributed by atoms with Crippen molar-refractivity contribution < 1.29 is 4.42 Å². The molecule has 20 heavy (non-hydrogen) atoms. The number of furan rings is 1. The van der Waals surface area contributed by atoms with Crippen LogP contribution in [-0.2, 0) is 0 Å². The van der Waals surface area contributed by atoms with Crippen LogP contribution in [-0.4, -0.2) is 0 Å². The Hall–Kier alpha value is -1.74. The molecule has 0 saturated carbocycles. The van der Waals surface area contributed by atoms with Crippen LogP contribution in [0.3, 0.4) is 0 Å². The maximum Gasteiger partial charge on any atom is 0.134 e. The second kappa shape index (κ2) is 5.33. The van der Waals surface area contributed by atoms with Gasteiger partial charge in [0.2, 0.25) is 0 Å². The molecular formula is C17H16BrNO. The van der Waals surface area contributed by atoms with E-state index in [4.69, 9.17) is 4.42 Å². The maximum atomic E-state index is 5.91. The van der Waals surface area contributed by atoms with Crippen molar-refractivity contribution in [3.63, 3.8) is 0 Å². The van der Waals surface area contributed by atoms with Crippen molar-refractivity contribution in [3.8, 4) is 0 Å². The van der Waals surface area contributed by atoms with Gasteiger partial charge in [0.15, 0.2) is 0 Å². The quantitative estimate of drug-likeness (QED) is 0.669. The largest absolute Gasteiger partial charge is 0.459 e. The zero-order chi connectivity index (χ0) is 14.1. The summed E-state index contributed by atoms with van der Waals surface area (Å²) in [5.41, 5.74) is 3.29. The molecule has 2 aromatic carbocycles. The molecule has 1 aromatic heterocycles. The molecule has 3 heteroatoms. The molecule has 3 rings (SSSR count). The third kappa shape index (κ3) is 2.59. The highest BCUT2D eigenvalue weighted by atomic mass is 79.9. The third-order valence-electron chi connectivity index (χ3n) is 3.44. The van der Waals surface area contributed by atoms with Gasteiger partial charge in [-0.3, -0.25) is 0 Å². The lowest BCUT2D eigenvalue weighted by Gasteiger charge is -2.14. The van der Waals surface area contributed by atoms with Crippen molar-refractivity contribution in [2.24, 2.45) is 0 Å². The number of para-hydroxylation sites is 1. The molecule has 102 valence electrons. The van der Waals surface area contributed by atoms with E-state index in [-0.39, 0.29) is 6.04 Å². The minimum atomic E-state index is 0.127. The monoisotopic (exact) mass is 329 g/mol. The highest BCUT2D eigenvalue weighted by molar-refractivity contribution is 9.10. The van der Waals surface area contributed by atoms with Gasteiger partial charge in [-0.25, -0.2) is 0 Å². The molecule has 2 nitrogen and oxygen atoms in total. The number of hydrogen-bond donors (Lipinski definition) is 1. The van der Waals surface area contributed by atoms with Crippen LogP contribution in [0, 0.1) is 6.92 Å². The predicted octanol–water partition coefficient (Wildman–Crippen LogP) is 5.68. The summed E-state index contributed by atoms with van der Waals surface area (Å²) < 4.78 is 6.98. The van der Waals surface area contributed by atoms with Gasteiger partial charge in [0.1, 0.15) is 11.3 Å². The fraction of sp³-hybridized carbons (Fsp3) is 0.176. The number of hydrogen-bond acceptors (Lipinski definition) is 2. The lowest BCUT2D eigenvalue weighted by Crippen LogP contribution is -2.06. The van der Waals surface area contributed by atoms with E-state index in [9.17, 15) is 0 Å². The van der Waals surface area contributed by atoms with Crippen LogP contribution in [0.25, 0.3) is 11.0 Å². The number of fused-ring (bicyclic) bond motifs is 1. The first-order chi connectivity index (χ1) is 9.63. The molecule has 1 heterocycles. The molecule has 0 aliphatic carbocycles. The Morgan fingerprint density at radius 1 is 1.10 bits per heavy atom. The highest BCUT2D eigenvalue weighted by Crippen LogP contribution is 2.28.